The number of hydrogen-bond donors (Lipinski definition) is 1. The number of fused-ring (bicyclic) bond motifs is 1. The molecular weight excluding hydrogens is 289 g/mol. The summed E-state index contributed by atoms with van der Waals surface area (Å²) in [6.07, 6.45) is 3.34. The summed E-state index contributed by atoms with van der Waals surface area (Å²) in [6, 6.07) is 17.5. The fraction of sp³-hybridized carbons (Fsp3) is 0.294. The smallest absolute Gasteiger partial charge is 0.0919 e. The maximum absolute atomic E-state index is 6.11. The normalized spacial score (nSPS) is 20.9. The lowest BCUT2D eigenvalue weighted by Crippen LogP contribution is -3.00. The molecule has 0 bridgehead atoms. The van der Waals surface area contributed by atoms with Crippen molar-refractivity contribution in [2.24, 2.45) is 0 Å². The van der Waals surface area contributed by atoms with Crippen LogP contribution in [0.1, 0.15) is 29.0 Å². The molecule has 0 aliphatic heterocycles. The third-order valence-corrected chi connectivity index (χ3v) is 4.39. The molecule has 1 aliphatic carbocycles. The molecule has 0 amide bonds. The van der Waals surface area contributed by atoms with Crippen molar-refractivity contribution in [1.82, 2.24) is 0 Å². The van der Waals surface area contributed by atoms with Crippen LogP contribution in [0.2, 0.25) is 5.02 Å². The van der Waals surface area contributed by atoms with Crippen LogP contribution < -0.4 is 18.1 Å². The van der Waals surface area contributed by atoms with E-state index < -0.39 is 0 Å². The minimum absolute atomic E-state index is 0. The molecule has 0 saturated carbocycles. The molecule has 0 fully saturated rings. The summed E-state index contributed by atoms with van der Waals surface area (Å²) in [5.74, 6) is 0.517. The molecule has 1 aliphatic rings. The molecule has 0 heterocycles. The van der Waals surface area contributed by atoms with Gasteiger partial charge in [0.15, 0.2) is 0 Å². The summed E-state index contributed by atoms with van der Waals surface area (Å²) in [7, 11) is 0. The molecule has 0 unspecified atom stereocenters. The second kappa shape index (κ2) is 6.62. The first-order valence-corrected chi connectivity index (χ1v) is 7.27. The van der Waals surface area contributed by atoms with E-state index in [9.17, 15) is 0 Å². The van der Waals surface area contributed by atoms with Crippen LogP contribution in [-0.2, 0) is 12.8 Å². The standard InChI is InChI=1S/C17H18ClN.ClH/c18-14-7-8-15-13(11-14)6-9-17(19)16(15)10-12-4-2-1-3-5-12;/h1-5,7-8,11,16-17H,6,9-10,19H2;1H/t16-,17+;/m0./s1. The topological polar surface area (TPSA) is 27.6 Å². The van der Waals surface area contributed by atoms with Crippen molar-refractivity contribution in [3.05, 3.63) is 70.2 Å². The molecule has 3 heteroatoms. The zero-order valence-corrected chi connectivity index (χ0v) is 12.9. The van der Waals surface area contributed by atoms with Crippen molar-refractivity contribution >= 4 is 11.6 Å². The maximum atomic E-state index is 6.11. The first-order chi connectivity index (χ1) is 9.24. The third kappa shape index (κ3) is 3.17. The van der Waals surface area contributed by atoms with Crippen molar-refractivity contribution in [3.63, 3.8) is 0 Å². The van der Waals surface area contributed by atoms with Crippen molar-refractivity contribution in [3.8, 4) is 0 Å². The van der Waals surface area contributed by atoms with Gasteiger partial charge in [-0.1, -0.05) is 48.0 Å². The second-order valence-electron chi connectivity index (χ2n) is 5.44. The number of rotatable bonds is 2. The van der Waals surface area contributed by atoms with Gasteiger partial charge in [-0.05, 0) is 41.7 Å². The largest absolute Gasteiger partial charge is 1.00 e. The minimum Gasteiger partial charge on any atom is -1.00 e. The number of aryl methyl sites for hydroxylation is 1. The fourth-order valence-corrected chi connectivity index (χ4v) is 3.29. The Bertz CT molecular complexity index is 568. The van der Waals surface area contributed by atoms with E-state index in [1.807, 2.05) is 6.07 Å². The Morgan fingerprint density at radius 3 is 2.60 bits per heavy atom. The van der Waals surface area contributed by atoms with Crippen LogP contribution in [0, 0.1) is 0 Å². The molecule has 1 nitrogen and oxygen atoms in total. The number of hydrogen-bond acceptors (Lipinski definition) is 0. The van der Waals surface area contributed by atoms with E-state index in [0.29, 0.717) is 12.0 Å². The quantitative estimate of drug-likeness (QED) is 0.822. The highest BCUT2D eigenvalue weighted by Crippen LogP contribution is 2.34. The summed E-state index contributed by atoms with van der Waals surface area (Å²) in [5, 5.41) is 0.847. The lowest BCUT2D eigenvalue weighted by atomic mass is 9.76. The molecule has 106 valence electrons. The summed E-state index contributed by atoms with van der Waals surface area (Å²) in [5.41, 5.74) is 8.61. The molecule has 2 atom stereocenters. The summed E-state index contributed by atoms with van der Waals surface area (Å²) in [6.45, 7) is 0. The summed E-state index contributed by atoms with van der Waals surface area (Å²) in [4.78, 5) is 0. The van der Waals surface area contributed by atoms with Crippen LogP contribution in [0.15, 0.2) is 48.5 Å². The van der Waals surface area contributed by atoms with E-state index in [1.165, 1.54) is 16.7 Å². The highest BCUT2D eigenvalue weighted by molar-refractivity contribution is 6.30. The maximum Gasteiger partial charge on any atom is 0.0919 e. The highest BCUT2D eigenvalue weighted by Gasteiger charge is 2.29. The van der Waals surface area contributed by atoms with E-state index in [1.54, 1.807) is 0 Å². The lowest BCUT2D eigenvalue weighted by Gasteiger charge is -2.29. The van der Waals surface area contributed by atoms with Gasteiger partial charge in [0.2, 0.25) is 0 Å². The Hall–Kier alpha value is -1.02. The SMILES string of the molecule is [Cl-].[NH3+][C@@H]1CCc2cc(Cl)ccc2[C@@H]1Cc1ccccc1. The van der Waals surface area contributed by atoms with Crippen LogP contribution in [0.3, 0.4) is 0 Å². The number of benzene rings is 2. The molecule has 2 aromatic carbocycles. The molecule has 20 heavy (non-hydrogen) atoms. The summed E-state index contributed by atoms with van der Waals surface area (Å²) >= 11 is 6.11. The minimum atomic E-state index is 0. The average molecular weight is 308 g/mol. The zero-order valence-electron chi connectivity index (χ0n) is 11.4. The monoisotopic (exact) mass is 307 g/mol. The van der Waals surface area contributed by atoms with Crippen molar-refractivity contribution in [1.29, 1.82) is 0 Å². The van der Waals surface area contributed by atoms with E-state index >= 15 is 0 Å². The Morgan fingerprint density at radius 1 is 1.10 bits per heavy atom. The van der Waals surface area contributed by atoms with Crippen LogP contribution in [0.25, 0.3) is 0 Å². The van der Waals surface area contributed by atoms with Crippen LogP contribution in [0.4, 0.5) is 0 Å². The molecule has 0 radical (unpaired) electrons. The van der Waals surface area contributed by atoms with E-state index in [-0.39, 0.29) is 12.4 Å². The molecular formula is C17H19Cl2N. The van der Waals surface area contributed by atoms with Crippen LogP contribution in [-0.4, -0.2) is 6.04 Å². The van der Waals surface area contributed by atoms with Gasteiger partial charge in [0, 0.05) is 17.4 Å². The van der Waals surface area contributed by atoms with Gasteiger partial charge in [0.05, 0.1) is 6.04 Å². The fourth-order valence-electron chi connectivity index (χ4n) is 3.09. The Kier molecular flexibility index (Phi) is 5.09. The Labute approximate surface area is 131 Å². The molecule has 0 spiro atoms. The predicted molar refractivity (Wildman–Crippen MR) is 79.3 cm³/mol. The Morgan fingerprint density at radius 2 is 1.85 bits per heavy atom. The first-order valence-electron chi connectivity index (χ1n) is 6.89. The molecule has 2 aromatic rings. The van der Waals surface area contributed by atoms with Gasteiger partial charge in [-0.2, -0.15) is 0 Å². The summed E-state index contributed by atoms with van der Waals surface area (Å²) < 4.78 is 0. The molecule has 0 saturated heterocycles. The second-order valence-corrected chi connectivity index (χ2v) is 5.87. The van der Waals surface area contributed by atoms with E-state index in [0.717, 1.165) is 24.3 Å². The molecule has 3 N–H and O–H groups in total. The third-order valence-electron chi connectivity index (χ3n) is 4.16. The number of halogens is 2. The van der Waals surface area contributed by atoms with Gasteiger partial charge in [-0.25, -0.2) is 0 Å². The Balaban J connectivity index is 0.00000147. The van der Waals surface area contributed by atoms with Crippen molar-refractivity contribution < 1.29 is 18.1 Å². The van der Waals surface area contributed by atoms with Gasteiger partial charge in [0.1, 0.15) is 0 Å². The van der Waals surface area contributed by atoms with Gasteiger partial charge in [-0.3, -0.25) is 0 Å². The van der Waals surface area contributed by atoms with E-state index in [2.05, 4.69) is 48.2 Å². The van der Waals surface area contributed by atoms with Gasteiger partial charge in [0.25, 0.3) is 0 Å². The van der Waals surface area contributed by atoms with Gasteiger partial charge >= 0.3 is 0 Å². The lowest BCUT2D eigenvalue weighted by molar-refractivity contribution is -0.428. The predicted octanol–water partition coefficient (Wildman–Crippen LogP) is 0.227. The zero-order chi connectivity index (χ0) is 13.2. The first kappa shape index (κ1) is 15.4. The van der Waals surface area contributed by atoms with Crippen molar-refractivity contribution in [2.75, 3.05) is 0 Å². The van der Waals surface area contributed by atoms with E-state index in [4.69, 9.17) is 11.6 Å². The van der Waals surface area contributed by atoms with Crippen LogP contribution >= 0.6 is 11.6 Å². The number of quaternary nitrogens is 1. The molecule has 3 rings (SSSR count). The van der Waals surface area contributed by atoms with Crippen LogP contribution in [0.5, 0.6) is 0 Å². The van der Waals surface area contributed by atoms with Gasteiger partial charge in [-0.15, -0.1) is 0 Å². The van der Waals surface area contributed by atoms with Gasteiger partial charge < -0.3 is 18.1 Å². The highest BCUT2D eigenvalue weighted by atomic mass is 35.5. The average Bonchev–Trinajstić information content (AvgIpc) is 2.43. The van der Waals surface area contributed by atoms with Crippen molar-refractivity contribution in [2.45, 2.75) is 31.2 Å². The molecule has 0 aromatic heterocycles.